The summed E-state index contributed by atoms with van der Waals surface area (Å²) in [5.74, 6) is 1.27. The molecular weight excluding hydrogens is 506 g/mol. The molecule has 0 fully saturated rings. The molecule has 4 aromatic rings. The van der Waals surface area contributed by atoms with Crippen molar-refractivity contribution < 1.29 is 27.1 Å². The lowest BCUT2D eigenvalue weighted by atomic mass is 10.1. The lowest BCUT2D eigenvalue weighted by Gasteiger charge is -2.16. The number of carbonyl (C=O) groups excluding carboxylic acids is 1. The molecule has 0 saturated heterocycles. The van der Waals surface area contributed by atoms with Gasteiger partial charge in [-0.05, 0) is 42.0 Å². The maximum atomic E-state index is 13.2. The predicted molar refractivity (Wildman–Crippen MR) is 146 cm³/mol. The highest BCUT2D eigenvalue weighted by molar-refractivity contribution is 7.89. The Labute approximate surface area is 222 Å². The molecule has 1 heterocycles. The molecule has 0 atom stereocenters. The van der Waals surface area contributed by atoms with Crippen molar-refractivity contribution in [2.45, 2.75) is 11.4 Å². The van der Waals surface area contributed by atoms with Gasteiger partial charge in [0, 0.05) is 61.3 Å². The number of methoxy groups -OCH3 is 2. The van der Waals surface area contributed by atoms with Crippen LogP contribution in [0.15, 0.2) is 88.4 Å². The molecule has 38 heavy (non-hydrogen) atoms. The second-order valence-corrected chi connectivity index (χ2v) is 10.8. The molecule has 1 aromatic heterocycles. The van der Waals surface area contributed by atoms with Gasteiger partial charge in [0.25, 0.3) is 5.91 Å². The van der Waals surface area contributed by atoms with Crippen molar-refractivity contribution in [2.75, 3.05) is 38.9 Å². The van der Waals surface area contributed by atoms with Crippen LogP contribution < -0.4 is 20.1 Å². The second kappa shape index (κ2) is 11.4. The number of carbonyl (C=O) groups is 1. The predicted octanol–water partition coefficient (Wildman–Crippen LogP) is 5.08. The highest BCUT2D eigenvalue weighted by Crippen LogP contribution is 2.28. The van der Waals surface area contributed by atoms with E-state index in [1.165, 1.54) is 40.4 Å². The Balaban J connectivity index is 1.63. The molecule has 0 aliphatic heterocycles. The maximum absolute atomic E-state index is 13.2. The first kappa shape index (κ1) is 26.8. The van der Waals surface area contributed by atoms with Gasteiger partial charge in [-0.1, -0.05) is 18.2 Å². The molecule has 0 spiro atoms. The third-order valence-corrected chi connectivity index (χ3v) is 7.58. The highest BCUT2D eigenvalue weighted by Gasteiger charge is 2.21. The lowest BCUT2D eigenvalue weighted by Crippen LogP contribution is -2.23. The van der Waals surface area contributed by atoms with Crippen LogP contribution in [-0.2, 0) is 16.6 Å². The van der Waals surface area contributed by atoms with Crippen LogP contribution in [0.2, 0.25) is 0 Å². The smallest absolute Gasteiger partial charge is 0.255 e. The van der Waals surface area contributed by atoms with Gasteiger partial charge in [0.05, 0.1) is 25.4 Å². The van der Waals surface area contributed by atoms with Crippen LogP contribution in [0.5, 0.6) is 11.5 Å². The Bertz CT molecular complexity index is 1510. The SMILES string of the molecule is COc1cc(NC(=O)c2cc(NCc3cccc(-c4ccco4)c3)cc(S(=O)(=O)N(C)C)c2)cc(OC)c1. The van der Waals surface area contributed by atoms with Crippen molar-refractivity contribution in [2.24, 2.45) is 0 Å². The Morgan fingerprint density at radius 1 is 0.895 bits per heavy atom. The molecule has 0 radical (unpaired) electrons. The van der Waals surface area contributed by atoms with Gasteiger partial charge in [-0.3, -0.25) is 4.79 Å². The van der Waals surface area contributed by atoms with Crippen LogP contribution in [0.4, 0.5) is 11.4 Å². The minimum atomic E-state index is -3.81. The summed E-state index contributed by atoms with van der Waals surface area (Å²) < 4.78 is 43.0. The van der Waals surface area contributed by atoms with Gasteiger partial charge in [0.1, 0.15) is 17.3 Å². The first-order valence-electron chi connectivity index (χ1n) is 11.7. The third-order valence-electron chi connectivity index (χ3n) is 5.79. The summed E-state index contributed by atoms with van der Waals surface area (Å²) in [5, 5.41) is 6.04. The second-order valence-electron chi connectivity index (χ2n) is 8.62. The van der Waals surface area contributed by atoms with E-state index < -0.39 is 15.9 Å². The van der Waals surface area contributed by atoms with Crippen molar-refractivity contribution in [1.82, 2.24) is 4.31 Å². The van der Waals surface area contributed by atoms with E-state index in [2.05, 4.69) is 10.6 Å². The summed E-state index contributed by atoms with van der Waals surface area (Å²) >= 11 is 0. The standard InChI is InChI=1S/C28H29N3O6S/c1-31(2)38(33,34)26-13-21(28(32)30-23-14-24(35-3)17-25(15-23)36-4)12-22(16-26)29-18-19-7-5-8-20(11-19)27-9-6-10-37-27/h5-17,29H,18H2,1-4H3,(H,30,32). The largest absolute Gasteiger partial charge is 0.497 e. The molecule has 0 aliphatic carbocycles. The number of amides is 1. The van der Waals surface area contributed by atoms with Gasteiger partial charge >= 0.3 is 0 Å². The molecule has 1 amide bonds. The van der Waals surface area contributed by atoms with Gasteiger partial charge in [-0.15, -0.1) is 0 Å². The molecule has 10 heteroatoms. The van der Waals surface area contributed by atoms with Crippen molar-refractivity contribution in [3.05, 3.63) is 90.2 Å². The molecule has 0 unspecified atom stereocenters. The summed E-state index contributed by atoms with van der Waals surface area (Å²) in [6.45, 7) is 0.397. The van der Waals surface area contributed by atoms with Crippen LogP contribution in [0.3, 0.4) is 0 Å². The minimum Gasteiger partial charge on any atom is -0.497 e. The highest BCUT2D eigenvalue weighted by atomic mass is 32.2. The molecule has 3 aromatic carbocycles. The van der Waals surface area contributed by atoms with Gasteiger partial charge in [0.15, 0.2) is 0 Å². The molecule has 0 saturated carbocycles. The number of ether oxygens (including phenoxy) is 2. The van der Waals surface area contributed by atoms with Gasteiger partial charge in [-0.2, -0.15) is 0 Å². The molecule has 0 aliphatic rings. The first-order valence-corrected chi connectivity index (χ1v) is 13.1. The first-order chi connectivity index (χ1) is 18.2. The van der Waals surface area contributed by atoms with E-state index in [9.17, 15) is 13.2 Å². The molecular formula is C28H29N3O6S. The molecule has 0 bridgehead atoms. The zero-order valence-electron chi connectivity index (χ0n) is 21.5. The maximum Gasteiger partial charge on any atom is 0.255 e. The number of hydrogen-bond donors (Lipinski definition) is 2. The van der Waals surface area contributed by atoms with E-state index in [1.807, 2.05) is 36.4 Å². The van der Waals surface area contributed by atoms with Crippen LogP contribution in [0.25, 0.3) is 11.3 Å². The fourth-order valence-corrected chi connectivity index (χ4v) is 4.73. The number of hydrogen-bond acceptors (Lipinski definition) is 7. The number of furan rings is 1. The fourth-order valence-electron chi connectivity index (χ4n) is 3.76. The van der Waals surface area contributed by atoms with E-state index in [-0.39, 0.29) is 10.5 Å². The topological polar surface area (TPSA) is 110 Å². The lowest BCUT2D eigenvalue weighted by molar-refractivity contribution is 0.102. The minimum absolute atomic E-state index is 0.00907. The van der Waals surface area contributed by atoms with Crippen LogP contribution in [0.1, 0.15) is 15.9 Å². The van der Waals surface area contributed by atoms with Crippen molar-refractivity contribution in [3.8, 4) is 22.8 Å². The Hall–Kier alpha value is -4.28. The average molecular weight is 536 g/mol. The Kier molecular flexibility index (Phi) is 8.04. The quantitative estimate of drug-likeness (QED) is 0.291. The van der Waals surface area contributed by atoms with Crippen molar-refractivity contribution >= 4 is 27.3 Å². The van der Waals surface area contributed by atoms with Crippen LogP contribution in [0, 0.1) is 0 Å². The number of nitrogens with zero attached hydrogens (tertiary/aromatic N) is 1. The summed E-state index contributed by atoms with van der Waals surface area (Å²) in [5.41, 5.74) is 2.96. The van der Waals surface area contributed by atoms with E-state index in [4.69, 9.17) is 13.9 Å². The summed E-state index contributed by atoms with van der Waals surface area (Å²) in [6.07, 6.45) is 1.62. The van der Waals surface area contributed by atoms with Crippen LogP contribution in [-0.4, -0.2) is 46.9 Å². The average Bonchev–Trinajstić information content (AvgIpc) is 3.47. The van der Waals surface area contributed by atoms with Gasteiger partial charge in [-0.25, -0.2) is 12.7 Å². The monoisotopic (exact) mass is 535 g/mol. The fraction of sp³-hybridized carbons (Fsp3) is 0.179. The van der Waals surface area contributed by atoms with E-state index in [0.29, 0.717) is 29.4 Å². The third kappa shape index (κ3) is 6.16. The number of anilines is 2. The van der Waals surface area contributed by atoms with Crippen molar-refractivity contribution in [3.63, 3.8) is 0 Å². The summed E-state index contributed by atoms with van der Waals surface area (Å²) in [7, 11) is 2.10. The number of rotatable bonds is 10. The molecule has 4 rings (SSSR count). The number of benzene rings is 3. The normalized spacial score (nSPS) is 11.3. The Morgan fingerprint density at radius 3 is 2.26 bits per heavy atom. The van der Waals surface area contributed by atoms with Crippen LogP contribution >= 0.6 is 0 Å². The van der Waals surface area contributed by atoms with Gasteiger partial charge in [0.2, 0.25) is 10.0 Å². The van der Waals surface area contributed by atoms with E-state index in [0.717, 1.165) is 21.2 Å². The summed E-state index contributed by atoms with van der Waals surface area (Å²) in [6, 6.07) is 20.9. The molecule has 2 N–H and O–H groups in total. The molecule has 9 nitrogen and oxygen atoms in total. The summed E-state index contributed by atoms with van der Waals surface area (Å²) in [4.78, 5) is 13.2. The van der Waals surface area contributed by atoms with Gasteiger partial charge < -0.3 is 24.5 Å². The number of nitrogens with one attached hydrogen (secondary N) is 2. The molecule has 198 valence electrons. The van der Waals surface area contributed by atoms with E-state index >= 15 is 0 Å². The van der Waals surface area contributed by atoms with E-state index in [1.54, 1.807) is 30.5 Å². The zero-order chi connectivity index (χ0) is 27.3. The number of sulfonamides is 1. The van der Waals surface area contributed by atoms with Crippen molar-refractivity contribution in [1.29, 1.82) is 0 Å². The Morgan fingerprint density at radius 2 is 1.63 bits per heavy atom. The zero-order valence-corrected chi connectivity index (χ0v) is 22.3.